The number of alkyl halides is 18. The van der Waals surface area contributed by atoms with Gasteiger partial charge in [-0.25, -0.2) is 25.3 Å². The second-order valence-electron chi connectivity index (χ2n) is 8.63. The molecule has 0 aliphatic rings. The average Bonchev–Trinajstić information content (AvgIpc) is 2.87. The minimum atomic E-state index is -8.02. The van der Waals surface area contributed by atoms with Crippen LogP contribution in [0.1, 0.15) is 12.5 Å². The van der Waals surface area contributed by atoms with Gasteiger partial charge in [0.05, 0.1) is 15.7 Å². The summed E-state index contributed by atoms with van der Waals surface area (Å²) in [5.41, 5.74) is -42.4. The molecule has 1 N–H and O–H groups in total. The molecule has 0 aromatic heterocycles. The Morgan fingerprint density at radius 2 is 0.778 bits per heavy atom. The van der Waals surface area contributed by atoms with Crippen molar-refractivity contribution in [1.82, 2.24) is 0 Å². The molecule has 1 aromatic rings. The summed E-state index contributed by atoms with van der Waals surface area (Å²) in [6, 6.07) is -0.456. The van der Waals surface area contributed by atoms with E-state index in [2.05, 4.69) is 0 Å². The first-order chi connectivity index (χ1) is 23.0. The van der Waals surface area contributed by atoms with Crippen molar-refractivity contribution in [3.8, 4) is 0 Å². The van der Waals surface area contributed by atoms with Crippen molar-refractivity contribution in [2.24, 2.45) is 0 Å². The molecule has 0 aliphatic carbocycles. The Labute approximate surface area is 291 Å². The Balaban J connectivity index is 0.00000112. The number of thioether (sulfide) groups is 1. The smallest absolute Gasteiger partial charge is 0.272 e. The number of halogens is 18. The SMILES string of the molecule is CC(=[OH+])SCc1ccc(S(=O)(=O)C(F)(F)F)c(S(=O)(=O)C(F)(F)F)c1S(=O)(=O)C(F)(F)F.O=S(=O)([C-](S(=O)(=O)C(F)(F)F)S(=O)(=O)C(F)(F)F)C(F)(F)F. The largest absolute Gasteiger partial charge is 0.502 e. The topological polar surface area (TPSA) is 226 Å². The lowest BCUT2D eigenvalue weighted by atomic mass is 10.2. The van der Waals surface area contributed by atoms with Gasteiger partial charge in [0.15, 0.2) is 29.5 Å². The molecular weight excluding hydrogens is 967 g/mol. The van der Waals surface area contributed by atoms with Crippen LogP contribution in [0.15, 0.2) is 26.8 Å². The van der Waals surface area contributed by atoms with Gasteiger partial charge in [-0.05, 0) is 23.4 Å². The number of carbonyl (C=O) groups excluding carboxylic acids is 1. The third-order valence-corrected chi connectivity index (χ3v) is 17.8. The van der Waals surface area contributed by atoms with Crippen LogP contribution in [0.5, 0.6) is 0 Å². The monoisotopic (exact) mass is 974 g/mol. The minimum Gasteiger partial charge on any atom is -0.272 e. The van der Waals surface area contributed by atoms with Gasteiger partial charge in [0.25, 0.3) is 29.5 Å². The van der Waals surface area contributed by atoms with Crippen LogP contribution < -0.4 is 0 Å². The van der Waals surface area contributed by atoms with E-state index in [1.54, 1.807) is 0 Å². The van der Waals surface area contributed by atoms with Crippen molar-refractivity contribution < 1.29 is 134 Å². The highest BCUT2D eigenvalue weighted by Gasteiger charge is 2.64. The fourth-order valence-electron chi connectivity index (χ4n) is 2.71. The molecule has 0 atom stereocenters. The quantitative estimate of drug-likeness (QED) is 0.198. The Kier molecular flexibility index (Phi) is 14.2. The molecule has 1 rings (SSSR count). The summed E-state index contributed by atoms with van der Waals surface area (Å²) in [7, 11) is -45.8. The Morgan fingerprint density at radius 1 is 0.500 bits per heavy atom. The van der Waals surface area contributed by atoms with E-state index in [0.29, 0.717) is 0 Å². The lowest BCUT2D eigenvalue weighted by Crippen LogP contribution is -2.47. The van der Waals surface area contributed by atoms with E-state index in [1.807, 2.05) is 0 Å². The van der Waals surface area contributed by atoms with Gasteiger partial charge in [-0.1, -0.05) is 6.07 Å². The van der Waals surface area contributed by atoms with Crippen LogP contribution in [0.3, 0.4) is 0 Å². The molecule has 0 spiro atoms. The maximum absolute atomic E-state index is 13.1. The summed E-state index contributed by atoms with van der Waals surface area (Å²) in [6.45, 7) is 0.873. The second-order valence-corrected chi connectivity index (χ2v) is 21.9. The van der Waals surface area contributed by atoms with E-state index in [9.17, 15) is 130 Å². The summed E-state index contributed by atoms with van der Waals surface area (Å²) in [6.07, 6.45) is 0. The molecule has 0 saturated carbocycles. The first kappa shape index (κ1) is 51.7. The maximum atomic E-state index is 13.1. The molecule has 0 aliphatic heterocycles. The second kappa shape index (κ2) is 14.9. The minimum absolute atomic E-state index is 0.0391. The fraction of sp³-hybridized carbons (Fsp3) is 0.500. The molecule has 54 heavy (non-hydrogen) atoms. The third-order valence-electron chi connectivity index (χ3n) is 4.91. The summed E-state index contributed by atoms with van der Waals surface area (Å²) in [5, 5.41) is -0.715. The zero-order chi connectivity index (χ0) is 44.3. The van der Waals surface area contributed by atoms with Crippen LogP contribution >= 0.6 is 11.8 Å². The van der Waals surface area contributed by atoms with Gasteiger partial charge in [0.2, 0.25) is 0 Å². The van der Waals surface area contributed by atoms with E-state index >= 15 is 0 Å². The van der Waals surface area contributed by atoms with Crippen LogP contribution in [0, 0.1) is 3.91 Å². The predicted molar refractivity (Wildman–Crippen MR) is 138 cm³/mol. The molecular formula is C16H8F18O13S7. The highest BCUT2D eigenvalue weighted by molar-refractivity contribution is 8.29. The van der Waals surface area contributed by atoms with E-state index in [4.69, 9.17) is 4.79 Å². The third kappa shape index (κ3) is 9.79. The lowest BCUT2D eigenvalue weighted by Gasteiger charge is -2.31. The van der Waals surface area contributed by atoms with Gasteiger partial charge in [0, 0.05) is 5.75 Å². The maximum Gasteiger partial charge on any atom is 0.502 e. The molecule has 0 unspecified atom stereocenters. The van der Waals surface area contributed by atoms with Gasteiger partial charge in [-0.2, -0.15) is 79.0 Å². The zero-order valence-electron chi connectivity index (χ0n) is 23.9. The predicted octanol–water partition coefficient (Wildman–Crippen LogP) is 4.56. The molecule has 1 aromatic carbocycles. The van der Waals surface area contributed by atoms with Crippen molar-refractivity contribution in [3.63, 3.8) is 0 Å². The molecule has 38 heteroatoms. The number of benzene rings is 1. The molecule has 0 heterocycles. The molecule has 0 saturated heterocycles. The number of sulfone groups is 6. The van der Waals surface area contributed by atoms with Crippen LogP contribution in [0.25, 0.3) is 0 Å². The van der Waals surface area contributed by atoms with Gasteiger partial charge >= 0.3 is 38.2 Å². The van der Waals surface area contributed by atoms with Gasteiger partial charge < -0.3 is 0 Å². The molecule has 0 fully saturated rings. The van der Waals surface area contributed by atoms with Crippen LogP contribution in [-0.2, 0) is 64.8 Å². The standard InChI is InChI=1S/C12H7F9O7S4.C4F9O6S3/c1-5(22)29-4-6-2-3-7(30(23,24)10(13,14)15)9(32(27,28)12(19,20)21)8(6)31(25,26)11(16,17)18;5-2(6,7)20(14,15)1(21(16,17)3(8,9)10)22(18,19)4(11,12)13/h2-3H,4H2,1H3;/q;-1/p+1. The molecule has 13 nitrogen and oxygen atoms in total. The van der Waals surface area contributed by atoms with Gasteiger partial charge in [0.1, 0.15) is 9.79 Å². The first-order valence-corrected chi connectivity index (χ1v) is 21.0. The van der Waals surface area contributed by atoms with E-state index in [1.165, 1.54) is 0 Å². The summed E-state index contributed by atoms with van der Waals surface area (Å²) < 4.78 is 356. The van der Waals surface area contributed by atoms with Crippen LogP contribution in [0.4, 0.5) is 79.0 Å². The van der Waals surface area contributed by atoms with E-state index in [0.717, 1.165) is 6.92 Å². The Bertz CT molecular complexity index is 2190. The molecule has 0 radical (unpaired) electrons. The van der Waals surface area contributed by atoms with Crippen LogP contribution in [-0.4, -0.2) is 93.5 Å². The zero-order valence-corrected chi connectivity index (χ0v) is 29.6. The van der Waals surface area contributed by atoms with Crippen molar-refractivity contribution in [1.29, 1.82) is 0 Å². The lowest BCUT2D eigenvalue weighted by molar-refractivity contribution is -0.0476. The Morgan fingerprint density at radius 3 is 1.02 bits per heavy atom. The molecule has 0 bridgehead atoms. The van der Waals surface area contributed by atoms with Crippen molar-refractivity contribution in [2.45, 2.75) is 60.4 Å². The summed E-state index contributed by atoms with van der Waals surface area (Å²) in [4.78, 5) is 0.0936. The number of hydrogen-bond acceptors (Lipinski definition) is 13. The van der Waals surface area contributed by atoms with E-state index in [-0.39, 0.29) is 17.8 Å². The number of rotatable bonds is 8. The van der Waals surface area contributed by atoms with Crippen molar-refractivity contribution in [2.75, 3.05) is 0 Å². The number of hydrogen-bond donors (Lipinski definition) is 0. The summed E-state index contributed by atoms with van der Waals surface area (Å²) >= 11 is 0.0637. The van der Waals surface area contributed by atoms with Gasteiger partial charge in [-0.3, -0.25) is 30.0 Å². The van der Waals surface area contributed by atoms with Crippen molar-refractivity contribution in [3.05, 3.63) is 21.6 Å². The highest BCUT2D eigenvalue weighted by atomic mass is 32.3. The molecule has 318 valence electrons. The fourth-order valence-corrected chi connectivity index (χ4v) is 13.4. The summed E-state index contributed by atoms with van der Waals surface area (Å²) in [5.74, 6) is -1.19. The Hall–Kier alpha value is -2.32. The van der Waals surface area contributed by atoms with Crippen molar-refractivity contribution >= 4 is 75.9 Å². The van der Waals surface area contributed by atoms with E-state index < -0.39 is 133 Å². The normalized spacial score (nSPS) is 15.1. The van der Waals surface area contributed by atoms with Crippen LogP contribution in [0.2, 0.25) is 0 Å². The van der Waals surface area contributed by atoms with Gasteiger partial charge in [-0.15, -0.1) is 0 Å². The average molecular weight is 975 g/mol. The molecule has 0 amide bonds. The highest BCUT2D eigenvalue weighted by Crippen LogP contribution is 2.49. The first-order valence-electron chi connectivity index (χ1n) is 11.1.